The summed E-state index contributed by atoms with van der Waals surface area (Å²) in [6, 6.07) is 15.2. The molecule has 178 valence electrons. The number of aromatic hydroxyl groups is 2. The van der Waals surface area contributed by atoms with Gasteiger partial charge in [0.2, 0.25) is 11.8 Å². The number of aromatic nitrogens is 2. The molecule has 0 saturated heterocycles. The molecule has 3 heterocycles. The number of anilines is 2. The van der Waals surface area contributed by atoms with Crippen molar-refractivity contribution in [2.24, 2.45) is 0 Å². The van der Waals surface area contributed by atoms with Crippen LogP contribution in [0.25, 0.3) is 22.0 Å². The van der Waals surface area contributed by atoms with Crippen molar-refractivity contribution in [1.29, 1.82) is 0 Å². The lowest BCUT2D eigenvalue weighted by Crippen LogP contribution is -2.24. The average Bonchev–Trinajstić information content (AvgIpc) is 3.36. The van der Waals surface area contributed by atoms with Crippen molar-refractivity contribution in [3.05, 3.63) is 73.7 Å². The Labute approximate surface area is 217 Å². The fourth-order valence-electron chi connectivity index (χ4n) is 4.24. The number of nitrogens with zero attached hydrogens (tertiary/aromatic N) is 3. The van der Waals surface area contributed by atoms with Gasteiger partial charge in [-0.1, -0.05) is 35.1 Å². The zero-order chi connectivity index (χ0) is 24.5. The number of fused-ring (bicyclic) bond motifs is 1. The van der Waals surface area contributed by atoms with Crippen LogP contribution in [0.1, 0.15) is 34.9 Å². The van der Waals surface area contributed by atoms with E-state index in [4.69, 9.17) is 12.2 Å². The second-order valence-corrected chi connectivity index (χ2v) is 11.1. The van der Waals surface area contributed by atoms with Crippen LogP contribution in [0, 0.1) is 10.9 Å². The fraction of sp³-hybridized carbons (Fsp3) is 0.222. The van der Waals surface area contributed by atoms with Crippen LogP contribution in [0.3, 0.4) is 0 Å². The Morgan fingerprint density at radius 3 is 2.66 bits per heavy atom. The molecule has 8 heteroatoms. The summed E-state index contributed by atoms with van der Waals surface area (Å²) in [5.74, 6) is 0.0166. The van der Waals surface area contributed by atoms with Gasteiger partial charge in [-0.25, -0.2) is 4.98 Å². The van der Waals surface area contributed by atoms with Crippen LogP contribution >= 0.6 is 34.9 Å². The van der Waals surface area contributed by atoms with E-state index in [1.165, 1.54) is 45.2 Å². The van der Waals surface area contributed by atoms with Gasteiger partial charge in [0.1, 0.15) is 9.88 Å². The van der Waals surface area contributed by atoms with Crippen molar-refractivity contribution in [2.75, 3.05) is 11.4 Å². The van der Waals surface area contributed by atoms with Gasteiger partial charge in [-0.05, 0) is 80.4 Å². The Morgan fingerprint density at radius 1 is 1.11 bits per heavy atom. The summed E-state index contributed by atoms with van der Waals surface area (Å²) >= 11 is 7.91. The highest BCUT2D eigenvalue weighted by Gasteiger charge is 2.19. The van der Waals surface area contributed by atoms with Gasteiger partial charge in [0, 0.05) is 30.5 Å². The topological polar surface area (TPSA) is 61.5 Å². The molecule has 0 aliphatic carbocycles. The van der Waals surface area contributed by atoms with Gasteiger partial charge in [-0.3, -0.25) is 4.57 Å². The molecule has 0 atom stereocenters. The molecule has 2 aromatic carbocycles. The third-order valence-corrected chi connectivity index (χ3v) is 8.63. The maximum absolute atomic E-state index is 10.4. The van der Waals surface area contributed by atoms with Gasteiger partial charge >= 0.3 is 0 Å². The first-order valence-corrected chi connectivity index (χ1v) is 13.5. The first-order valence-electron chi connectivity index (χ1n) is 11.5. The zero-order valence-electron chi connectivity index (χ0n) is 19.5. The Balaban J connectivity index is 1.39. The lowest BCUT2D eigenvalue weighted by atomic mass is 9.98. The largest absolute Gasteiger partial charge is 0.493 e. The summed E-state index contributed by atoms with van der Waals surface area (Å²) < 4.78 is 2.24. The van der Waals surface area contributed by atoms with Gasteiger partial charge in [-0.2, -0.15) is 0 Å². The van der Waals surface area contributed by atoms with E-state index < -0.39 is 0 Å². The maximum atomic E-state index is 10.4. The summed E-state index contributed by atoms with van der Waals surface area (Å²) in [6.45, 7) is 5.63. The van der Waals surface area contributed by atoms with E-state index in [0.717, 1.165) is 24.9 Å². The minimum Gasteiger partial charge on any atom is -0.493 e. The van der Waals surface area contributed by atoms with Gasteiger partial charge in [0.15, 0.2) is 3.95 Å². The molecular formula is C27H25N3O2S3. The highest BCUT2D eigenvalue weighted by molar-refractivity contribution is 7.73. The van der Waals surface area contributed by atoms with Crippen molar-refractivity contribution >= 4 is 58.4 Å². The fourth-order valence-corrected chi connectivity index (χ4v) is 6.58. The van der Waals surface area contributed by atoms with E-state index >= 15 is 0 Å². The molecule has 1 aliphatic rings. The molecule has 2 N–H and O–H groups in total. The van der Waals surface area contributed by atoms with Crippen LogP contribution in [0.2, 0.25) is 0 Å². The third-order valence-electron chi connectivity index (χ3n) is 6.05. The molecule has 0 amide bonds. The minimum absolute atomic E-state index is 0.0770. The van der Waals surface area contributed by atoms with Crippen LogP contribution in [0.5, 0.6) is 11.8 Å². The van der Waals surface area contributed by atoms with Crippen molar-refractivity contribution in [2.45, 2.75) is 33.2 Å². The molecule has 5 nitrogen and oxygen atoms in total. The zero-order valence-corrected chi connectivity index (χ0v) is 21.9. The molecule has 1 aliphatic heterocycles. The van der Waals surface area contributed by atoms with E-state index in [1.54, 1.807) is 10.6 Å². The molecule has 2 aromatic heterocycles. The van der Waals surface area contributed by atoms with E-state index in [-0.39, 0.29) is 11.8 Å². The van der Waals surface area contributed by atoms with Crippen molar-refractivity contribution in [3.63, 3.8) is 0 Å². The Hall–Kier alpha value is -3.16. The lowest BCUT2D eigenvalue weighted by molar-refractivity contribution is 0.422. The number of aryl methyl sites for hydroxylation is 2. The third kappa shape index (κ3) is 4.70. The molecule has 0 bridgehead atoms. The Morgan fingerprint density at radius 2 is 1.91 bits per heavy atom. The number of benzene rings is 2. The molecule has 5 rings (SSSR count). The second-order valence-electron chi connectivity index (χ2n) is 8.41. The van der Waals surface area contributed by atoms with Crippen molar-refractivity contribution in [3.8, 4) is 21.6 Å². The highest BCUT2D eigenvalue weighted by Crippen LogP contribution is 2.41. The summed E-state index contributed by atoms with van der Waals surface area (Å²) in [6.07, 6.45) is 5.80. The van der Waals surface area contributed by atoms with Crippen LogP contribution in [0.15, 0.2) is 48.2 Å². The van der Waals surface area contributed by atoms with Crippen LogP contribution < -0.4 is 4.90 Å². The molecular weight excluding hydrogens is 495 g/mol. The molecule has 0 spiro atoms. The molecule has 0 fully saturated rings. The first-order chi connectivity index (χ1) is 16.9. The second kappa shape index (κ2) is 9.84. The van der Waals surface area contributed by atoms with Crippen molar-refractivity contribution < 1.29 is 10.2 Å². The SMILES string of the molecule is CCn1c(O)c(-c2nc(O)c(C=C=Cc3ccc4c(c3)CCCN4c3ccc(C)cc3)s2)sc1=S. The van der Waals surface area contributed by atoms with E-state index in [0.29, 0.717) is 25.3 Å². The van der Waals surface area contributed by atoms with Crippen molar-refractivity contribution in [1.82, 2.24) is 9.55 Å². The predicted molar refractivity (Wildman–Crippen MR) is 149 cm³/mol. The number of hydrogen-bond acceptors (Lipinski definition) is 7. The van der Waals surface area contributed by atoms with Gasteiger partial charge in [-0.15, -0.1) is 17.1 Å². The van der Waals surface area contributed by atoms with E-state index in [9.17, 15) is 10.2 Å². The lowest BCUT2D eigenvalue weighted by Gasteiger charge is -2.31. The first kappa shape index (κ1) is 23.6. The Kier molecular flexibility index (Phi) is 6.62. The van der Waals surface area contributed by atoms with Crippen LogP contribution in [-0.2, 0) is 13.0 Å². The molecule has 35 heavy (non-hydrogen) atoms. The predicted octanol–water partition coefficient (Wildman–Crippen LogP) is 7.55. The molecule has 4 aromatic rings. The van der Waals surface area contributed by atoms with Gasteiger partial charge < -0.3 is 15.1 Å². The smallest absolute Gasteiger partial charge is 0.230 e. The summed E-state index contributed by atoms with van der Waals surface area (Å²) in [5.41, 5.74) is 9.31. The Bertz CT molecular complexity index is 1510. The van der Waals surface area contributed by atoms with Gasteiger partial charge in [0.25, 0.3) is 0 Å². The summed E-state index contributed by atoms with van der Waals surface area (Å²) in [4.78, 5) is 7.78. The minimum atomic E-state index is -0.0770. The summed E-state index contributed by atoms with van der Waals surface area (Å²) in [5, 5.41) is 21.3. The van der Waals surface area contributed by atoms with E-state index in [2.05, 4.69) is 65.0 Å². The monoisotopic (exact) mass is 519 g/mol. The quantitative estimate of drug-likeness (QED) is 0.211. The normalized spacial score (nSPS) is 12.8. The summed E-state index contributed by atoms with van der Waals surface area (Å²) in [7, 11) is 0. The van der Waals surface area contributed by atoms with E-state index in [1.807, 2.05) is 13.0 Å². The average molecular weight is 520 g/mol. The molecule has 0 saturated carbocycles. The number of thiazole rings is 2. The number of rotatable bonds is 5. The van der Waals surface area contributed by atoms with Crippen LogP contribution in [-0.4, -0.2) is 26.3 Å². The van der Waals surface area contributed by atoms with Crippen LogP contribution in [0.4, 0.5) is 11.4 Å². The standard InChI is InChI=1S/C27H25N3O2S3/c1-3-29-26(32)23(35-27(29)33)25-28-24(31)22(34-25)8-4-6-18-11-14-21-19(16-18)7-5-15-30(21)20-12-9-17(2)10-13-20/h6,8-14,16,31-32H,3,5,7,15H2,1-2H3. The van der Waals surface area contributed by atoms with Gasteiger partial charge in [0.05, 0.1) is 4.88 Å². The highest BCUT2D eigenvalue weighted by atomic mass is 32.1. The maximum Gasteiger partial charge on any atom is 0.230 e. The molecule has 0 radical (unpaired) electrons. The molecule has 0 unspecified atom stereocenters. The number of hydrogen-bond donors (Lipinski definition) is 2.